The SMILES string of the molecule is O=C(O)c1ccncc1Cc1cc(-c2cccc(Cl)c2)n(C2CCC3(CC2)OCCO3)n1. The predicted octanol–water partition coefficient (Wildman–Crippen LogP) is 4.75. The third-order valence-corrected chi connectivity index (χ3v) is 6.52. The number of rotatable bonds is 5. The Morgan fingerprint density at radius 3 is 2.69 bits per heavy atom. The van der Waals surface area contributed by atoms with Crippen LogP contribution in [0.1, 0.15) is 53.3 Å². The van der Waals surface area contributed by atoms with Gasteiger partial charge in [0.25, 0.3) is 0 Å². The maximum absolute atomic E-state index is 11.6. The van der Waals surface area contributed by atoms with Crippen LogP contribution in [0.2, 0.25) is 5.02 Å². The molecule has 5 rings (SSSR count). The second-order valence-corrected chi connectivity index (χ2v) is 8.77. The fourth-order valence-electron chi connectivity index (χ4n) is 4.72. The zero-order chi connectivity index (χ0) is 22.1. The maximum Gasteiger partial charge on any atom is 0.336 e. The molecule has 0 radical (unpaired) electrons. The highest BCUT2D eigenvalue weighted by Crippen LogP contribution is 2.41. The van der Waals surface area contributed by atoms with Gasteiger partial charge in [0.15, 0.2) is 5.79 Å². The number of benzene rings is 1. The van der Waals surface area contributed by atoms with Gasteiger partial charge >= 0.3 is 5.97 Å². The number of halogens is 1. The van der Waals surface area contributed by atoms with Crippen molar-refractivity contribution in [2.24, 2.45) is 0 Å². The van der Waals surface area contributed by atoms with Crippen LogP contribution in [0.3, 0.4) is 0 Å². The van der Waals surface area contributed by atoms with E-state index in [4.69, 9.17) is 26.2 Å². The van der Waals surface area contributed by atoms with E-state index in [1.165, 1.54) is 12.3 Å². The normalized spacial score (nSPS) is 18.3. The van der Waals surface area contributed by atoms with Gasteiger partial charge in [-0.2, -0.15) is 5.10 Å². The van der Waals surface area contributed by atoms with Crippen molar-refractivity contribution in [3.8, 4) is 11.3 Å². The van der Waals surface area contributed by atoms with Gasteiger partial charge in [0, 0.05) is 42.2 Å². The van der Waals surface area contributed by atoms with Crippen LogP contribution < -0.4 is 0 Å². The standard InChI is InChI=1S/C24H24ClN3O4/c25-18-3-1-2-16(12-18)22-14-19(13-17-15-26-9-6-21(17)23(29)30)27-28(22)20-4-7-24(8-5-20)31-10-11-32-24/h1-3,6,9,12,14-15,20H,4-5,7-8,10-11,13H2,(H,29,30). The summed E-state index contributed by atoms with van der Waals surface area (Å²) in [6.45, 7) is 1.31. The van der Waals surface area contributed by atoms with Crippen molar-refractivity contribution in [3.05, 3.63) is 70.6 Å². The molecule has 0 amide bonds. The lowest BCUT2D eigenvalue weighted by molar-refractivity contribution is -0.181. The van der Waals surface area contributed by atoms with Crippen molar-refractivity contribution < 1.29 is 19.4 Å². The first kappa shape index (κ1) is 21.1. The Labute approximate surface area is 190 Å². The summed E-state index contributed by atoms with van der Waals surface area (Å²) < 4.78 is 13.8. The van der Waals surface area contributed by atoms with Gasteiger partial charge in [-0.05, 0) is 42.7 Å². The molecule has 1 spiro atoms. The molecule has 1 N–H and O–H groups in total. The molecular weight excluding hydrogens is 430 g/mol. The lowest BCUT2D eigenvalue weighted by Crippen LogP contribution is -2.36. The quantitative estimate of drug-likeness (QED) is 0.600. The van der Waals surface area contributed by atoms with E-state index >= 15 is 0 Å². The fraction of sp³-hybridized carbons (Fsp3) is 0.375. The molecule has 1 aliphatic heterocycles. The van der Waals surface area contributed by atoms with Crippen LogP contribution in [0.4, 0.5) is 0 Å². The molecule has 7 nitrogen and oxygen atoms in total. The van der Waals surface area contributed by atoms with Crippen molar-refractivity contribution in [1.82, 2.24) is 14.8 Å². The first-order valence-electron chi connectivity index (χ1n) is 10.8. The Hall–Kier alpha value is -2.74. The van der Waals surface area contributed by atoms with Crippen molar-refractivity contribution in [1.29, 1.82) is 0 Å². The number of carboxylic acids is 1. The molecule has 1 saturated carbocycles. The molecule has 1 aliphatic carbocycles. The van der Waals surface area contributed by atoms with E-state index < -0.39 is 11.8 Å². The second kappa shape index (κ2) is 8.65. The molecule has 3 aromatic rings. The number of aromatic carboxylic acids is 1. The fourth-order valence-corrected chi connectivity index (χ4v) is 4.91. The van der Waals surface area contributed by atoms with Gasteiger partial charge in [-0.15, -0.1) is 0 Å². The Morgan fingerprint density at radius 2 is 1.97 bits per heavy atom. The van der Waals surface area contributed by atoms with Crippen LogP contribution in [0, 0.1) is 0 Å². The third kappa shape index (κ3) is 4.16. The van der Waals surface area contributed by atoms with Gasteiger partial charge in [-0.1, -0.05) is 23.7 Å². The number of ether oxygens (including phenoxy) is 2. The lowest BCUT2D eigenvalue weighted by atomic mass is 9.90. The molecule has 2 fully saturated rings. The van der Waals surface area contributed by atoms with Gasteiger partial charge in [0.1, 0.15) is 0 Å². The van der Waals surface area contributed by atoms with Gasteiger partial charge in [0.2, 0.25) is 0 Å². The smallest absolute Gasteiger partial charge is 0.336 e. The largest absolute Gasteiger partial charge is 0.478 e. The summed E-state index contributed by atoms with van der Waals surface area (Å²) in [4.78, 5) is 15.7. The highest BCUT2D eigenvalue weighted by Gasteiger charge is 2.41. The third-order valence-electron chi connectivity index (χ3n) is 6.29. The van der Waals surface area contributed by atoms with E-state index in [1.54, 1.807) is 6.20 Å². The molecule has 0 atom stereocenters. The molecule has 3 heterocycles. The summed E-state index contributed by atoms with van der Waals surface area (Å²) in [5.74, 6) is -1.40. The average Bonchev–Trinajstić information content (AvgIpc) is 3.42. The monoisotopic (exact) mass is 453 g/mol. The van der Waals surface area contributed by atoms with E-state index in [1.807, 2.05) is 30.3 Å². The number of carbonyl (C=O) groups is 1. The summed E-state index contributed by atoms with van der Waals surface area (Å²) in [6, 6.07) is 11.5. The zero-order valence-electron chi connectivity index (χ0n) is 17.5. The van der Waals surface area contributed by atoms with Crippen LogP contribution in [-0.2, 0) is 15.9 Å². The number of hydrogen-bond donors (Lipinski definition) is 1. The molecule has 0 bridgehead atoms. The van der Waals surface area contributed by atoms with Crippen LogP contribution in [0.25, 0.3) is 11.3 Å². The molecule has 1 saturated heterocycles. The van der Waals surface area contributed by atoms with Crippen LogP contribution in [0.15, 0.2) is 48.8 Å². The van der Waals surface area contributed by atoms with Gasteiger partial charge < -0.3 is 14.6 Å². The Kier molecular flexibility index (Phi) is 5.71. The second-order valence-electron chi connectivity index (χ2n) is 8.33. The molecule has 32 heavy (non-hydrogen) atoms. The molecular formula is C24H24ClN3O4. The Bertz CT molecular complexity index is 1130. The van der Waals surface area contributed by atoms with E-state index in [0.29, 0.717) is 30.2 Å². The summed E-state index contributed by atoms with van der Waals surface area (Å²) in [7, 11) is 0. The van der Waals surface area contributed by atoms with Crippen LogP contribution in [0.5, 0.6) is 0 Å². The topological polar surface area (TPSA) is 86.5 Å². The molecule has 8 heteroatoms. The number of aromatic nitrogens is 3. The molecule has 166 valence electrons. The summed E-state index contributed by atoms with van der Waals surface area (Å²) in [5.41, 5.74) is 3.63. The average molecular weight is 454 g/mol. The summed E-state index contributed by atoms with van der Waals surface area (Å²) in [6.07, 6.45) is 6.92. The Morgan fingerprint density at radius 1 is 1.19 bits per heavy atom. The van der Waals surface area contributed by atoms with Crippen molar-refractivity contribution >= 4 is 17.6 Å². The molecule has 1 aromatic carbocycles. The minimum absolute atomic E-state index is 0.198. The summed E-state index contributed by atoms with van der Waals surface area (Å²) in [5, 5.41) is 15.1. The van der Waals surface area contributed by atoms with Gasteiger partial charge in [-0.3, -0.25) is 9.67 Å². The number of hydrogen-bond acceptors (Lipinski definition) is 5. The lowest BCUT2D eigenvalue weighted by Gasteiger charge is -2.35. The first-order valence-corrected chi connectivity index (χ1v) is 11.2. The number of carboxylic acid groups (broad SMARTS) is 1. The number of pyridine rings is 1. The highest BCUT2D eigenvalue weighted by atomic mass is 35.5. The summed E-state index contributed by atoms with van der Waals surface area (Å²) >= 11 is 6.27. The van der Waals surface area contributed by atoms with Crippen molar-refractivity contribution in [2.75, 3.05) is 13.2 Å². The van der Waals surface area contributed by atoms with Crippen LogP contribution >= 0.6 is 11.6 Å². The zero-order valence-corrected chi connectivity index (χ0v) is 18.3. The maximum atomic E-state index is 11.6. The van der Waals surface area contributed by atoms with E-state index in [9.17, 15) is 9.90 Å². The van der Waals surface area contributed by atoms with E-state index in [-0.39, 0.29) is 11.6 Å². The minimum atomic E-state index is -0.967. The van der Waals surface area contributed by atoms with Gasteiger partial charge in [-0.25, -0.2) is 4.79 Å². The first-order chi connectivity index (χ1) is 15.5. The van der Waals surface area contributed by atoms with Crippen molar-refractivity contribution in [2.45, 2.75) is 43.9 Å². The minimum Gasteiger partial charge on any atom is -0.478 e. The molecule has 2 aromatic heterocycles. The van der Waals surface area contributed by atoms with Gasteiger partial charge in [0.05, 0.1) is 36.2 Å². The predicted molar refractivity (Wildman–Crippen MR) is 119 cm³/mol. The van der Waals surface area contributed by atoms with Crippen LogP contribution in [-0.4, -0.2) is 44.8 Å². The van der Waals surface area contributed by atoms with E-state index in [2.05, 4.69) is 9.67 Å². The Balaban J connectivity index is 1.48. The highest BCUT2D eigenvalue weighted by molar-refractivity contribution is 6.30. The van der Waals surface area contributed by atoms with Crippen molar-refractivity contribution in [3.63, 3.8) is 0 Å². The molecule has 2 aliphatic rings. The number of nitrogens with zero attached hydrogens (tertiary/aromatic N) is 3. The molecule has 0 unspecified atom stereocenters. The van der Waals surface area contributed by atoms with E-state index in [0.717, 1.165) is 42.6 Å².